The Bertz CT molecular complexity index is 1070. The summed E-state index contributed by atoms with van der Waals surface area (Å²) in [6, 6.07) is 28.0. The van der Waals surface area contributed by atoms with Crippen molar-refractivity contribution in [3.05, 3.63) is 108 Å². The summed E-state index contributed by atoms with van der Waals surface area (Å²) in [7, 11) is 0. The molecule has 1 heterocycles. The molecule has 0 radical (unpaired) electrons. The number of ether oxygens (including phenoxy) is 3. The molecule has 3 aromatic rings. The molecule has 1 aliphatic heterocycles. The van der Waals surface area contributed by atoms with Gasteiger partial charge in [0.05, 0.1) is 12.1 Å². The number of amides is 1. The van der Waals surface area contributed by atoms with Crippen LogP contribution in [-0.4, -0.2) is 29.3 Å². The minimum absolute atomic E-state index is 0.142. The number of carbonyl (C=O) groups excluding carboxylic acids is 2. The Morgan fingerprint density at radius 2 is 1.41 bits per heavy atom. The quantitative estimate of drug-likeness (QED) is 0.436. The van der Waals surface area contributed by atoms with E-state index >= 15 is 0 Å². The van der Waals surface area contributed by atoms with Gasteiger partial charge in [-0.1, -0.05) is 97.9 Å². The van der Waals surface area contributed by atoms with Gasteiger partial charge in [0.15, 0.2) is 0 Å². The van der Waals surface area contributed by atoms with E-state index in [4.69, 9.17) is 14.2 Å². The fourth-order valence-corrected chi connectivity index (χ4v) is 4.38. The summed E-state index contributed by atoms with van der Waals surface area (Å²) in [6.07, 6.45) is -1.44. The SMILES string of the molecule is CC[C@@H]1[C@H](OC(C)=O)OC(c2ccccc2)[C@H](c2ccccc2)N1C(=O)OCc1ccccc1. The zero-order valence-corrected chi connectivity index (χ0v) is 19.4. The fourth-order valence-electron chi connectivity index (χ4n) is 4.38. The summed E-state index contributed by atoms with van der Waals surface area (Å²) in [5.41, 5.74) is 2.68. The smallest absolute Gasteiger partial charge is 0.411 e. The molecule has 4 atom stereocenters. The summed E-state index contributed by atoms with van der Waals surface area (Å²) in [4.78, 5) is 27.2. The molecule has 34 heavy (non-hydrogen) atoms. The first kappa shape index (κ1) is 23.5. The molecule has 1 amide bonds. The lowest BCUT2D eigenvalue weighted by Gasteiger charge is -2.48. The van der Waals surface area contributed by atoms with Crippen molar-refractivity contribution < 1.29 is 23.8 Å². The second kappa shape index (κ2) is 11.0. The summed E-state index contributed by atoms with van der Waals surface area (Å²) < 4.78 is 17.7. The lowest BCUT2D eigenvalue weighted by atomic mass is 9.90. The van der Waals surface area contributed by atoms with Gasteiger partial charge in [0, 0.05) is 6.92 Å². The molecule has 1 aliphatic rings. The monoisotopic (exact) mass is 459 g/mol. The molecule has 0 bridgehead atoms. The number of hydrogen-bond donors (Lipinski definition) is 0. The first-order valence-corrected chi connectivity index (χ1v) is 11.5. The van der Waals surface area contributed by atoms with Gasteiger partial charge in [0.1, 0.15) is 12.7 Å². The molecular weight excluding hydrogens is 430 g/mol. The second-order valence-corrected chi connectivity index (χ2v) is 8.22. The normalized spacial score (nSPS) is 22.1. The van der Waals surface area contributed by atoms with Crippen molar-refractivity contribution in [1.29, 1.82) is 0 Å². The van der Waals surface area contributed by atoms with Crippen molar-refractivity contribution in [2.24, 2.45) is 0 Å². The summed E-state index contributed by atoms with van der Waals surface area (Å²) in [5, 5.41) is 0. The second-order valence-electron chi connectivity index (χ2n) is 8.22. The van der Waals surface area contributed by atoms with Crippen LogP contribution in [0.5, 0.6) is 0 Å². The van der Waals surface area contributed by atoms with E-state index in [2.05, 4.69) is 0 Å². The highest BCUT2D eigenvalue weighted by Crippen LogP contribution is 2.45. The number of carbonyl (C=O) groups is 2. The topological polar surface area (TPSA) is 65.1 Å². The Hall–Kier alpha value is -3.64. The molecule has 1 unspecified atom stereocenters. The van der Waals surface area contributed by atoms with Crippen molar-refractivity contribution in [2.75, 3.05) is 0 Å². The van der Waals surface area contributed by atoms with E-state index in [9.17, 15) is 9.59 Å². The van der Waals surface area contributed by atoms with Crippen LogP contribution in [0.25, 0.3) is 0 Å². The van der Waals surface area contributed by atoms with Gasteiger partial charge in [-0.25, -0.2) is 4.79 Å². The summed E-state index contributed by atoms with van der Waals surface area (Å²) >= 11 is 0. The third-order valence-corrected chi connectivity index (χ3v) is 5.92. The zero-order chi connectivity index (χ0) is 23.9. The maximum Gasteiger partial charge on any atom is 0.411 e. The number of hydrogen-bond acceptors (Lipinski definition) is 5. The van der Waals surface area contributed by atoms with Gasteiger partial charge in [-0.05, 0) is 23.1 Å². The van der Waals surface area contributed by atoms with E-state index in [0.29, 0.717) is 6.42 Å². The number of esters is 1. The van der Waals surface area contributed by atoms with Crippen LogP contribution in [0.4, 0.5) is 4.79 Å². The molecule has 0 aliphatic carbocycles. The molecule has 0 spiro atoms. The minimum atomic E-state index is -0.919. The van der Waals surface area contributed by atoms with Crippen LogP contribution < -0.4 is 0 Å². The van der Waals surface area contributed by atoms with Crippen LogP contribution in [0.1, 0.15) is 49.1 Å². The van der Waals surface area contributed by atoms with Crippen molar-refractivity contribution in [3.63, 3.8) is 0 Å². The molecule has 1 fully saturated rings. The Balaban J connectivity index is 1.75. The number of rotatable bonds is 6. The lowest BCUT2D eigenvalue weighted by molar-refractivity contribution is -0.245. The van der Waals surface area contributed by atoms with Crippen LogP contribution in [0, 0.1) is 0 Å². The van der Waals surface area contributed by atoms with Gasteiger partial charge in [-0.3, -0.25) is 9.69 Å². The number of benzene rings is 3. The highest BCUT2D eigenvalue weighted by Gasteiger charge is 2.48. The van der Waals surface area contributed by atoms with Gasteiger partial charge in [-0.2, -0.15) is 0 Å². The largest absolute Gasteiger partial charge is 0.445 e. The highest BCUT2D eigenvalue weighted by molar-refractivity contribution is 5.70. The van der Waals surface area contributed by atoms with E-state index < -0.39 is 36.5 Å². The van der Waals surface area contributed by atoms with Crippen molar-refractivity contribution >= 4 is 12.1 Å². The predicted octanol–water partition coefficient (Wildman–Crippen LogP) is 5.81. The molecule has 4 rings (SSSR count). The van der Waals surface area contributed by atoms with Crippen LogP contribution in [0.15, 0.2) is 91.0 Å². The molecule has 3 aromatic carbocycles. The maximum atomic E-state index is 13.6. The van der Waals surface area contributed by atoms with E-state index in [0.717, 1.165) is 16.7 Å². The predicted molar refractivity (Wildman–Crippen MR) is 128 cm³/mol. The molecule has 176 valence electrons. The third-order valence-electron chi connectivity index (χ3n) is 5.92. The van der Waals surface area contributed by atoms with Gasteiger partial charge in [0.2, 0.25) is 6.29 Å². The Morgan fingerprint density at radius 3 is 1.97 bits per heavy atom. The summed E-state index contributed by atoms with van der Waals surface area (Å²) in [5.74, 6) is -0.467. The van der Waals surface area contributed by atoms with Crippen molar-refractivity contribution in [2.45, 2.75) is 51.4 Å². The lowest BCUT2D eigenvalue weighted by Crippen LogP contribution is -2.57. The van der Waals surface area contributed by atoms with Crippen molar-refractivity contribution in [1.82, 2.24) is 4.90 Å². The highest BCUT2D eigenvalue weighted by atomic mass is 16.7. The Morgan fingerprint density at radius 1 is 0.853 bits per heavy atom. The molecule has 0 N–H and O–H groups in total. The van der Waals surface area contributed by atoms with E-state index in [1.165, 1.54) is 6.92 Å². The standard InChI is InChI=1S/C28H29NO5/c1-3-24-27(33-20(2)30)34-26(23-17-11-6-12-18-23)25(22-15-9-5-10-16-22)29(24)28(31)32-19-21-13-7-4-8-14-21/h4-18,24-27H,3,19H2,1-2H3/t24-,25+,26?,27-/m1/s1. The van der Waals surface area contributed by atoms with Crippen LogP contribution >= 0.6 is 0 Å². The van der Waals surface area contributed by atoms with Gasteiger partial charge < -0.3 is 14.2 Å². The molecule has 6 heteroatoms. The van der Waals surface area contributed by atoms with E-state index in [1.807, 2.05) is 97.9 Å². The van der Waals surface area contributed by atoms with Crippen molar-refractivity contribution in [3.8, 4) is 0 Å². The number of nitrogens with zero attached hydrogens (tertiary/aromatic N) is 1. The molecule has 0 aromatic heterocycles. The average molecular weight is 460 g/mol. The molecule has 1 saturated heterocycles. The zero-order valence-electron chi connectivity index (χ0n) is 19.4. The van der Waals surface area contributed by atoms with Gasteiger partial charge in [-0.15, -0.1) is 0 Å². The Kier molecular flexibility index (Phi) is 7.60. The number of morpholine rings is 1. The Labute approximate surface area is 200 Å². The fraction of sp³-hybridized carbons (Fsp3) is 0.286. The average Bonchev–Trinajstić information content (AvgIpc) is 2.88. The summed E-state index contributed by atoms with van der Waals surface area (Å²) in [6.45, 7) is 3.42. The van der Waals surface area contributed by atoms with E-state index in [-0.39, 0.29) is 6.61 Å². The first-order chi connectivity index (χ1) is 16.6. The first-order valence-electron chi connectivity index (χ1n) is 11.5. The van der Waals surface area contributed by atoms with Gasteiger partial charge in [0.25, 0.3) is 0 Å². The molecular formula is C28H29NO5. The molecule has 6 nitrogen and oxygen atoms in total. The minimum Gasteiger partial charge on any atom is -0.445 e. The van der Waals surface area contributed by atoms with E-state index in [1.54, 1.807) is 4.90 Å². The van der Waals surface area contributed by atoms with Gasteiger partial charge >= 0.3 is 12.1 Å². The van der Waals surface area contributed by atoms with Crippen LogP contribution in [0.2, 0.25) is 0 Å². The molecule has 0 saturated carbocycles. The third kappa shape index (κ3) is 5.29. The van der Waals surface area contributed by atoms with Crippen LogP contribution in [0.3, 0.4) is 0 Å². The maximum absolute atomic E-state index is 13.6. The van der Waals surface area contributed by atoms with Crippen LogP contribution in [-0.2, 0) is 25.6 Å².